The van der Waals surface area contributed by atoms with E-state index in [1.807, 2.05) is 12.1 Å². The minimum absolute atomic E-state index is 0.0685. The number of rotatable bonds is 2. The molecule has 0 radical (unpaired) electrons. The van der Waals surface area contributed by atoms with Crippen molar-refractivity contribution in [2.24, 2.45) is 0 Å². The number of aliphatic hydroxyl groups excluding tert-OH is 1. The molecule has 0 aliphatic rings. The lowest BCUT2D eigenvalue weighted by Gasteiger charge is -2.00. The maximum absolute atomic E-state index is 8.73. The fourth-order valence-corrected chi connectivity index (χ4v) is 1.44. The lowest BCUT2D eigenvalue weighted by atomic mass is 10.2. The van der Waals surface area contributed by atoms with Gasteiger partial charge in [0.2, 0.25) is 0 Å². The van der Waals surface area contributed by atoms with Crippen molar-refractivity contribution in [1.29, 1.82) is 0 Å². The highest BCUT2D eigenvalue weighted by molar-refractivity contribution is 6.31. The number of aromatic nitrogens is 2. The van der Waals surface area contributed by atoms with E-state index in [-0.39, 0.29) is 6.61 Å². The van der Waals surface area contributed by atoms with Gasteiger partial charge in [0.05, 0.1) is 12.1 Å². The lowest BCUT2D eigenvalue weighted by molar-refractivity contribution is 0.297. The number of benzene rings is 1. The summed E-state index contributed by atoms with van der Waals surface area (Å²) in [4.78, 5) is 8.38. The molecule has 0 atom stereocenters. The first-order valence-corrected chi connectivity index (χ1v) is 4.69. The third-order valence-corrected chi connectivity index (χ3v) is 2.16. The predicted molar refractivity (Wildman–Crippen MR) is 55.3 cm³/mol. The number of hydrogen-bond donors (Lipinski definition) is 1. The molecule has 0 spiro atoms. The van der Waals surface area contributed by atoms with Gasteiger partial charge in [-0.1, -0.05) is 11.6 Å². The van der Waals surface area contributed by atoms with Crippen LogP contribution in [-0.2, 0) is 6.42 Å². The maximum Gasteiger partial charge on any atom is 0.131 e. The van der Waals surface area contributed by atoms with Crippen LogP contribution in [-0.4, -0.2) is 21.7 Å². The van der Waals surface area contributed by atoms with E-state index in [0.29, 0.717) is 17.3 Å². The molecule has 14 heavy (non-hydrogen) atoms. The maximum atomic E-state index is 8.73. The van der Waals surface area contributed by atoms with Gasteiger partial charge in [-0.25, -0.2) is 9.97 Å². The van der Waals surface area contributed by atoms with Crippen LogP contribution in [0, 0.1) is 0 Å². The highest BCUT2D eigenvalue weighted by atomic mass is 35.5. The van der Waals surface area contributed by atoms with Gasteiger partial charge in [-0.2, -0.15) is 0 Å². The van der Waals surface area contributed by atoms with E-state index in [4.69, 9.17) is 16.7 Å². The van der Waals surface area contributed by atoms with Crippen LogP contribution in [0.1, 0.15) is 5.82 Å². The Hall–Kier alpha value is -1.19. The Morgan fingerprint density at radius 2 is 2.21 bits per heavy atom. The number of aliphatic hydroxyl groups is 1. The number of fused-ring (bicyclic) bond motifs is 1. The fourth-order valence-electron chi connectivity index (χ4n) is 1.26. The smallest absolute Gasteiger partial charge is 0.131 e. The molecule has 4 heteroatoms. The Morgan fingerprint density at radius 1 is 1.36 bits per heavy atom. The lowest BCUT2D eigenvalue weighted by Crippen LogP contribution is -1.98. The highest BCUT2D eigenvalue weighted by Gasteiger charge is 1.99. The molecule has 1 aromatic carbocycles. The van der Waals surface area contributed by atoms with E-state index in [2.05, 4.69) is 9.97 Å². The van der Waals surface area contributed by atoms with Gasteiger partial charge in [0, 0.05) is 23.0 Å². The van der Waals surface area contributed by atoms with E-state index in [1.54, 1.807) is 12.3 Å². The van der Waals surface area contributed by atoms with E-state index in [1.165, 1.54) is 0 Å². The SMILES string of the molecule is OCCc1ncc2cc(Cl)ccc2n1. The Labute approximate surface area is 86.4 Å². The molecular weight excluding hydrogens is 200 g/mol. The van der Waals surface area contributed by atoms with Crippen LogP contribution in [0.3, 0.4) is 0 Å². The molecule has 1 aromatic heterocycles. The van der Waals surface area contributed by atoms with Crippen LogP contribution >= 0.6 is 11.6 Å². The summed E-state index contributed by atoms with van der Waals surface area (Å²) >= 11 is 5.82. The fraction of sp³-hybridized carbons (Fsp3) is 0.200. The summed E-state index contributed by atoms with van der Waals surface area (Å²) in [6.45, 7) is 0.0685. The van der Waals surface area contributed by atoms with Crippen LogP contribution in [0.5, 0.6) is 0 Å². The summed E-state index contributed by atoms with van der Waals surface area (Å²) in [6, 6.07) is 5.46. The summed E-state index contributed by atoms with van der Waals surface area (Å²) in [6.07, 6.45) is 2.21. The molecule has 3 nitrogen and oxygen atoms in total. The third-order valence-electron chi connectivity index (χ3n) is 1.93. The first-order chi connectivity index (χ1) is 6.79. The third kappa shape index (κ3) is 1.84. The molecule has 1 N–H and O–H groups in total. The zero-order valence-corrected chi connectivity index (χ0v) is 8.20. The van der Waals surface area contributed by atoms with Crippen LogP contribution in [0.2, 0.25) is 5.02 Å². The van der Waals surface area contributed by atoms with Gasteiger partial charge in [-0.15, -0.1) is 0 Å². The Morgan fingerprint density at radius 3 is 3.00 bits per heavy atom. The number of hydrogen-bond acceptors (Lipinski definition) is 3. The predicted octanol–water partition coefficient (Wildman–Crippen LogP) is 1.82. The van der Waals surface area contributed by atoms with Crippen molar-refractivity contribution >= 4 is 22.5 Å². The van der Waals surface area contributed by atoms with Crippen LogP contribution in [0.15, 0.2) is 24.4 Å². The largest absolute Gasteiger partial charge is 0.396 e. The van der Waals surface area contributed by atoms with Gasteiger partial charge in [0.1, 0.15) is 5.82 Å². The molecule has 0 aliphatic heterocycles. The highest BCUT2D eigenvalue weighted by Crippen LogP contribution is 2.16. The molecule has 0 saturated carbocycles. The molecule has 0 amide bonds. The first kappa shape index (κ1) is 9.37. The molecule has 0 fully saturated rings. The Kier molecular flexibility index (Phi) is 2.61. The van der Waals surface area contributed by atoms with E-state index < -0.39 is 0 Å². The summed E-state index contributed by atoms with van der Waals surface area (Å²) in [5.74, 6) is 0.655. The molecule has 0 bridgehead atoms. The van der Waals surface area contributed by atoms with Gasteiger partial charge in [0.15, 0.2) is 0 Å². The summed E-state index contributed by atoms with van der Waals surface area (Å²) in [7, 11) is 0. The van der Waals surface area contributed by atoms with Crippen LogP contribution in [0.25, 0.3) is 10.9 Å². The van der Waals surface area contributed by atoms with Crippen LogP contribution < -0.4 is 0 Å². The Balaban J connectivity index is 2.50. The van der Waals surface area contributed by atoms with Crippen molar-refractivity contribution in [3.8, 4) is 0 Å². The minimum Gasteiger partial charge on any atom is -0.396 e. The zero-order chi connectivity index (χ0) is 9.97. The second kappa shape index (κ2) is 3.90. The molecular formula is C10H9ClN2O. The van der Waals surface area contributed by atoms with Crippen LogP contribution in [0.4, 0.5) is 0 Å². The van der Waals surface area contributed by atoms with Gasteiger partial charge >= 0.3 is 0 Å². The monoisotopic (exact) mass is 208 g/mol. The molecule has 2 aromatic rings. The average molecular weight is 209 g/mol. The summed E-state index contributed by atoms with van der Waals surface area (Å²) < 4.78 is 0. The van der Waals surface area contributed by atoms with Gasteiger partial charge < -0.3 is 5.11 Å². The second-order valence-electron chi connectivity index (χ2n) is 2.96. The van der Waals surface area contributed by atoms with Crippen molar-refractivity contribution in [1.82, 2.24) is 9.97 Å². The normalized spacial score (nSPS) is 10.7. The van der Waals surface area contributed by atoms with Crippen molar-refractivity contribution in [3.63, 3.8) is 0 Å². The summed E-state index contributed by atoms with van der Waals surface area (Å²) in [5.41, 5.74) is 0.854. The molecule has 72 valence electrons. The van der Waals surface area contributed by atoms with Gasteiger partial charge in [-0.05, 0) is 18.2 Å². The molecule has 2 rings (SSSR count). The standard InChI is InChI=1S/C10H9ClN2O/c11-8-1-2-9-7(5-8)6-12-10(13-9)3-4-14/h1-2,5-6,14H,3-4H2. The topological polar surface area (TPSA) is 46.0 Å². The number of nitrogens with zero attached hydrogens (tertiary/aromatic N) is 2. The van der Waals surface area contributed by atoms with Crippen molar-refractivity contribution in [2.75, 3.05) is 6.61 Å². The average Bonchev–Trinajstić information content (AvgIpc) is 2.19. The van der Waals surface area contributed by atoms with Gasteiger partial charge in [0.25, 0.3) is 0 Å². The van der Waals surface area contributed by atoms with E-state index >= 15 is 0 Å². The van der Waals surface area contributed by atoms with E-state index in [0.717, 1.165) is 10.9 Å². The minimum atomic E-state index is 0.0685. The molecule has 0 unspecified atom stereocenters. The molecule has 1 heterocycles. The Bertz CT molecular complexity index is 459. The van der Waals surface area contributed by atoms with Crippen molar-refractivity contribution < 1.29 is 5.11 Å². The van der Waals surface area contributed by atoms with Crippen molar-refractivity contribution in [3.05, 3.63) is 35.2 Å². The molecule has 0 saturated heterocycles. The zero-order valence-electron chi connectivity index (χ0n) is 7.44. The van der Waals surface area contributed by atoms with Crippen molar-refractivity contribution in [2.45, 2.75) is 6.42 Å². The molecule has 0 aliphatic carbocycles. The second-order valence-corrected chi connectivity index (χ2v) is 3.40. The quantitative estimate of drug-likeness (QED) is 0.819. The number of halogens is 1. The summed E-state index contributed by atoms with van der Waals surface area (Å²) in [5, 5.41) is 10.3. The first-order valence-electron chi connectivity index (χ1n) is 4.31. The van der Waals surface area contributed by atoms with E-state index in [9.17, 15) is 0 Å². The van der Waals surface area contributed by atoms with Gasteiger partial charge in [-0.3, -0.25) is 0 Å².